The number of amides is 2. The monoisotopic (exact) mass is 508 g/mol. The third-order valence-electron chi connectivity index (χ3n) is 7.01. The average Bonchev–Trinajstić information content (AvgIpc) is 3.50. The van der Waals surface area contributed by atoms with Crippen molar-refractivity contribution in [2.45, 2.75) is 56.7 Å². The van der Waals surface area contributed by atoms with Crippen LogP contribution >= 0.6 is 11.3 Å². The second-order valence-corrected chi connectivity index (χ2v) is 10.6. The van der Waals surface area contributed by atoms with E-state index in [1.807, 2.05) is 25.2 Å². The highest BCUT2D eigenvalue weighted by molar-refractivity contribution is 7.22. The fraction of sp³-hybridized carbons (Fsp3) is 0.462. The smallest absolute Gasteiger partial charge is 0.269 e. The number of rotatable bonds is 7. The number of anilines is 1. The summed E-state index contributed by atoms with van der Waals surface area (Å²) in [6.45, 7) is 1.01. The molecular weight excluding hydrogens is 476 g/mol. The first-order valence-electron chi connectivity index (χ1n) is 12.5. The van der Waals surface area contributed by atoms with Crippen molar-refractivity contribution in [3.8, 4) is 11.5 Å². The van der Waals surface area contributed by atoms with E-state index in [1.54, 1.807) is 36.7 Å². The molecule has 1 saturated heterocycles. The zero-order valence-electron chi connectivity index (χ0n) is 20.6. The molecule has 2 fully saturated rings. The fourth-order valence-corrected chi connectivity index (χ4v) is 5.96. The number of likely N-dealkylation sites (tertiary alicyclic amines) is 1. The number of hydrogen-bond acceptors (Lipinski definition) is 8. The lowest BCUT2D eigenvalue weighted by Crippen LogP contribution is -2.47. The minimum atomic E-state index is -0.257. The molecule has 1 aromatic carbocycles. The highest BCUT2D eigenvalue weighted by atomic mass is 32.1. The predicted molar refractivity (Wildman–Crippen MR) is 141 cm³/mol. The summed E-state index contributed by atoms with van der Waals surface area (Å²) in [5, 5.41) is 10.3. The first-order valence-corrected chi connectivity index (χ1v) is 13.3. The number of nitrogens with one attached hydrogen (secondary N) is 3. The van der Waals surface area contributed by atoms with Gasteiger partial charge in [-0.3, -0.25) is 19.5 Å². The van der Waals surface area contributed by atoms with Crippen LogP contribution in [-0.4, -0.2) is 65.4 Å². The summed E-state index contributed by atoms with van der Waals surface area (Å²) in [4.78, 5) is 35.4. The number of aromatic nitrogens is 2. The van der Waals surface area contributed by atoms with Crippen LogP contribution in [0.15, 0.2) is 36.5 Å². The molecule has 0 spiro atoms. The van der Waals surface area contributed by atoms with Crippen LogP contribution < -0.4 is 20.7 Å². The lowest BCUT2D eigenvalue weighted by atomic mass is 9.91. The Hall–Kier alpha value is -3.24. The number of carbonyl (C=O) groups is 2. The zero-order chi connectivity index (χ0) is 25.1. The molecule has 36 heavy (non-hydrogen) atoms. The van der Waals surface area contributed by atoms with E-state index in [2.05, 4.69) is 25.8 Å². The number of fused-ring (bicyclic) bond motifs is 1. The van der Waals surface area contributed by atoms with Crippen molar-refractivity contribution >= 4 is 38.5 Å². The topological polar surface area (TPSA) is 108 Å². The lowest BCUT2D eigenvalue weighted by Gasteiger charge is -2.31. The summed E-state index contributed by atoms with van der Waals surface area (Å²) in [5.74, 6) is 1.16. The van der Waals surface area contributed by atoms with Crippen LogP contribution in [0.3, 0.4) is 0 Å². The van der Waals surface area contributed by atoms with Crippen molar-refractivity contribution in [2.75, 3.05) is 26.0 Å². The first kappa shape index (κ1) is 24.5. The minimum Gasteiger partial charge on any atom is -0.457 e. The van der Waals surface area contributed by atoms with Gasteiger partial charge >= 0.3 is 0 Å². The van der Waals surface area contributed by atoms with Crippen LogP contribution in [0.2, 0.25) is 0 Å². The predicted octanol–water partition coefficient (Wildman–Crippen LogP) is 3.78. The van der Waals surface area contributed by atoms with E-state index in [0.29, 0.717) is 23.2 Å². The largest absolute Gasteiger partial charge is 0.457 e. The zero-order valence-corrected chi connectivity index (χ0v) is 21.4. The normalized spacial score (nSPS) is 22.3. The molecule has 5 rings (SSSR count). The van der Waals surface area contributed by atoms with Crippen LogP contribution in [0.1, 0.15) is 49.0 Å². The van der Waals surface area contributed by atoms with Crippen molar-refractivity contribution in [3.05, 3.63) is 42.2 Å². The number of likely N-dealkylation sites (N-methyl/N-ethyl adjacent to an activating group) is 1. The van der Waals surface area contributed by atoms with E-state index in [9.17, 15) is 9.59 Å². The second kappa shape index (κ2) is 10.8. The molecule has 0 unspecified atom stereocenters. The van der Waals surface area contributed by atoms with Crippen LogP contribution in [-0.2, 0) is 4.79 Å². The van der Waals surface area contributed by atoms with Gasteiger partial charge in [0.25, 0.3) is 5.91 Å². The molecule has 2 aliphatic rings. The molecule has 3 aromatic rings. The van der Waals surface area contributed by atoms with Crippen LogP contribution in [0.4, 0.5) is 5.13 Å². The number of pyridine rings is 1. The van der Waals surface area contributed by atoms with Gasteiger partial charge in [-0.25, -0.2) is 4.98 Å². The van der Waals surface area contributed by atoms with E-state index in [1.165, 1.54) is 0 Å². The number of ether oxygens (including phenoxy) is 1. The quantitative estimate of drug-likeness (QED) is 0.446. The lowest BCUT2D eigenvalue weighted by molar-refractivity contribution is -0.126. The maximum absolute atomic E-state index is 12.6. The Morgan fingerprint density at radius 3 is 2.58 bits per heavy atom. The summed E-state index contributed by atoms with van der Waals surface area (Å²) in [6, 6.07) is 9.77. The molecule has 1 aliphatic heterocycles. The highest BCUT2D eigenvalue weighted by Crippen LogP contribution is 2.33. The molecule has 1 saturated carbocycles. The Labute approximate surface area is 214 Å². The van der Waals surface area contributed by atoms with Crippen LogP contribution in [0.5, 0.6) is 11.5 Å². The standard InChI is InChI=1S/C26H32N6O3S/c1-27-24(33)21-14-19(11-12-28-21)35-18-9-10-20-23(15-18)36-26(31-20)30-17-7-5-16(6-8-17)29-25(34)22-4-3-13-32(22)2/h9-12,14-17,22H,3-8,13H2,1-2H3,(H,27,33)(H,29,34)(H,30,31)/t16-,17+,22-/m0/s1. The maximum atomic E-state index is 12.6. The molecule has 2 aromatic heterocycles. The average molecular weight is 509 g/mol. The molecule has 2 amide bonds. The van der Waals surface area contributed by atoms with Gasteiger partial charge in [0.15, 0.2) is 5.13 Å². The fourth-order valence-electron chi connectivity index (χ4n) is 4.99. The molecule has 1 atom stereocenters. The van der Waals surface area contributed by atoms with Gasteiger partial charge in [0, 0.05) is 37.5 Å². The maximum Gasteiger partial charge on any atom is 0.269 e. The Balaban J connectivity index is 1.16. The van der Waals surface area contributed by atoms with Gasteiger partial charge in [-0.15, -0.1) is 0 Å². The van der Waals surface area contributed by atoms with Gasteiger partial charge in [0.1, 0.15) is 17.2 Å². The number of hydrogen-bond donors (Lipinski definition) is 3. The van der Waals surface area contributed by atoms with Crippen molar-refractivity contribution in [2.24, 2.45) is 0 Å². The first-order chi connectivity index (χ1) is 17.5. The summed E-state index contributed by atoms with van der Waals surface area (Å²) >= 11 is 1.60. The van der Waals surface area contributed by atoms with Crippen LogP contribution in [0.25, 0.3) is 10.2 Å². The Morgan fingerprint density at radius 1 is 1.06 bits per heavy atom. The molecule has 3 N–H and O–H groups in total. The number of carbonyl (C=O) groups excluding carboxylic acids is 2. The summed E-state index contributed by atoms with van der Waals surface area (Å²) < 4.78 is 6.99. The molecule has 1 aliphatic carbocycles. The Morgan fingerprint density at radius 2 is 1.83 bits per heavy atom. The number of benzene rings is 1. The van der Waals surface area contributed by atoms with Gasteiger partial charge in [-0.1, -0.05) is 11.3 Å². The molecule has 190 valence electrons. The van der Waals surface area contributed by atoms with Crippen molar-refractivity contribution in [1.82, 2.24) is 25.5 Å². The Bertz CT molecular complexity index is 1240. The second-order valence-electron chi connectivity index (χ2n) is 9.55. The summed E-state index contributed by atoms with van der Waals surface area (Å²) in [5.41, 5.74) is 1.22. The molecular formula is C26H32N6O3S. The van der Waals surface area contributed by atoms with Crippen molar-refractivity contribution in [1.29, 1.82) is 0 Å². The van der Waals surface area contributed by atoms with E-state index in [4.69, 9.17) is 9.72 Å². The summed E-state index contributed by atoms with van der Waals surface area (Å²) in [6.07, 6.45) is 7.59. The number of nitrogens with zero attached hydrogens (tertiary/aromatic N) is 3. The van der Waals surface area contributed by atoms with E-state index >= 15 is 0 Å². The number of thiazole rings is 1. The third kappa shape index (κ3) is 5.60. The van der Waals surface area contributed by atoms with Crippen LogP contribution in [0, 0.1) is 0 Å². The van der Waals surface area contributed by atoms with E-state index in [-0.39, 0.29) is 23.9 Å². The van der Waals surface area contributed by atoms with Gasteiger partial charge in [-0.05, 0) is 70.3 Å². The SMILES string of the molecule is CNC(=O)c1cc(Oc2ccc3nc(N[C@H]4CC[C@@H](NC(=O)[C@@H]5CCCN5C)CC4)sc3c2)ccn1. The van der Waals surface area contributed by atoms with Gasteiger partial charge in [-0.2, -0.15) is 0 Å². The van der Waals surface area contributed by atoms with E-state index in [0.717, 1.165) is 60.4 Å². The van der Waals surface area contributed by atoms with Gasteiger partial charge < -0.3 is 20.7 Å². The highest BCUT2D eigenvalue weighted by Gasteiger charge is 2.30. The molecule has 3 heterocycles. The van der Waals surface area contributed by atoms with Gasteiger partial charge in [0.2, 0.25) is 5.91 Å². The summed E-state index contributed by atoms with van der Waals surface area (Å²) in [7, 11) is 3.61. The van der Waals surface area contributed by atoms with E-state index < -0.39 is 0 Å². The molecule has 10 heteroatoms. The Kier molecular flexibility index (Phi) is 7.33. The van der Waals surface area contributed by atoms with Crippen molar-refractivity contribution in [3.63, 3.8) is 0 Å². The van der Waals surface area contributed by atoms with Gasteiger partial charge in [0.05, 0.1) is 16.3 Å². The molecule has 0 bridgehead atoms. The molecule has 0 radical (unpaired) electrons. The van der Waals surface area contributed by atoms with Crippen molar-refractivity contribution < 1.29 is 14.3 Å². The molecule has 9 nitrogen and oxygen atoms in total. The third-order valence-corrected chi connectivity index (χ3v) is 7.96. The minimum absolute atomic E-state index is 0.0360.